The number of nitrogens with zero attached hydrogens (tertiary/aromatic N) is 1. The van der Waals surface area contributed by atoms with Crippen LogP contribution in [0.1, 0.15) is 13.8 Å². The Morgan fingerprint density at radius 1 is 1.28 bits per heavy atom. The van der Waals surface area contributed by atoms with Crippen LogP contribution in [0.15, 0.2) is 12.2 Å². The lowest BCUT2D eigenvalue weighted by Crippen LogP contribution is -2.55. The van der Waals surface area contributed by atoms with E-state index in [9.17, 15) is 19.2 Å². The number of amides is 3. The highest BCUT2D eigenvalue weighted by atomic mass is 16.5. The van der Waals surface area contributed by atoms with Gasteiger partial charge in [-0.05, 0) is 13.8 Å². The van der Waals surface area contributed by atoms with E-state index >= 15 is 0 Å². The average Bonchev–Trinajstić information content (AvgIpc) is 2.87. The van der Waals surface area contributed by atoms with Gasteiger partial charge in [0.25, 0.3) is 11.8 Å². The Labute approximate surface area is 144 Å². The number of hydrogen-bond donors (Lipinski definition) is 4. The van der Waals surface area contributed by atoms with Gasteiger partial charge in [0.2, 0.25) is 5.91 Å². The molecule has 0 bridgehead atoms. The fraction of sp³-hybridized carbons (Fsp3) is 0.600. The summed E-state index contributed by atoms with van der Waals surface area (Å²) in [5, 5.41) is 22.8. The topological polar surface area (TPSA) is 145 Å². The molecule has 10 heteroatoms. The van der Waals surface area contributed by atoms with Crippen LogP contribution in [-0.4, -0.2) is 83.3 Å². The van der Waals surface area contributed by atoms with Crippen LogP contribution in [-0.2, 0) is 23.9 Å². The number of rotatable bonds is 11. The number of carboxylic acids is 1. The van der Waals surface area contributed by atoms with Gasteiger partial charge in [0, 0.05) is 25.2 Å². The number of aliphatic carboxylic acids is 1. The number of carboxylic acid groups (broad SMARTS) is 1. The van der Waals surface area contributed by atoms with Crippen LogP contribution in [0.3, 0.4) is 0 Å². The molecule has 1 atom stereocenters. The zero-order valence-corrected chi connectivity index (χ0v) is 14.2. The van der Waals surface area contributed by atoms with Crippen molar-refractivity contribution in [1.82, 2.24) is 15.5 Å². The Bertz CT molecular complexity index is 541. The monoisotopic (exact) mass is 357 g/mol. The molecule has 0 aromatic carbocycles. The molecule has 1 rings (SSSR count). The SMILES string of the molecule is CC(C)(CO)OCCNC(=O)C(CNCC(=O)O)N1C(=O)C=CC1=O. The highest BCUT2D eigenvalue weighted by molar-refractivity contribution is 6.15. The molecule has 3 amide bonds. The summed E-state index contributed by atoms with van der Waals surface area (Å²) in [7, 11) is 0. The summed E-state index contributed by atoms with van der Waals surface area (Å²) < 4.78 is 5.37. The molecule has 140 valence electrons. The predicted molar refractivity (Wildman–Crippen MR) is 85.4 cm³/mol. The van der Waals surface area contributed by atoms with Gasteiger partial charge >= 0.3 is 5.97 Å². The number of hydrogen-bond acceptors (Lipinski definition) is 7. The Kier molecular flexibility index (Phi) is 7.68. The second-order valence-electron chi connectivity index (χ2n) is 5.98. The second-order valence-corrected chi connectivity index (χ2v) is 5.98. The summed E-state index contributed by atoms with van der Waals surface area (Å²) in [5.41, 5.74) is -0.752. The largest absolute Gasteiger partial charge is 0.480 e. The first-order valence-corrected chi connectivity index (χ1v) is 7.68. The summed E-state index contributed by atoms with van der Waals surface area (Å²) in [6, 6.07) is -1.18. The standard InChI is InChI=1S/C15H23N3O7/c1-15(2,9-19)25-6-5-17-14(24)10(7-16-8-13(22)23)18-11(20)3-4-12(18)21/h3-4,10,16,19H,5-9H2,1-2H3,(H,17,24)(H,22,23). The molecule has 0 aromatic rings. The second kappa shape index (κ2) is 9.25. The van der Waals surface area contributed by atoms with Gasteiger partial charge in [-0.25, -0.2) is 0 Å². The first-order valence-electron chi connectivity index (χ1n) is 7.68. The summed E-state index contributed by atoms with van der Waals surface area (Å²) in [6.45, 7) is 2.78. The molecule has 1 unspecified atom stereocenters. The van der Waals surface area contributed by atoms with Crippen LogP contribution in [0.5, 0.6) is 0 Å². The molecular formula is C15H23N3O7. The van der Waals surface area contributed by atoms with Gasteiger partial charge in [-0.1, -0.05) is 0 Å². The van der Waals surface area contributed by atoms with Gasteiger partial charge in [0.15, 0.2) is 0 Å². The zero-order valence-electron chi connectivity index (χ0n) is 14.2. The van der Waals surface area contributed by atoms with E-state index in [0.717, 1.165) is 17.1 Å². The van der Waals surface area contributed by atoms with Crippen molar-refractivity contribution >= 4 is 23.7 Å². The minimum atomic E-state index is -1.18. The average molecular weight is 357 g/mol. The Morgan fingerprint density at radius 3 is 2.40 bits per heavy atom. The molecule has 1 aliphatic rings. The quantitative estimate of drug-likeness (QED) is 0.242. The Balaban J connectivity index is 2.61. The van der Waals surface area contributed by atoms with Crippen LogP contribution >= 0.6 is 0 Å². The number of carbonyl (C=O) groups excluding carboxylic acids is 3. The molecular weight excluding hydrogens is 334 g/mol. The van der Waals surface area contributed by atoms with E-state index in [-0.39, 0.29) is 26.3 Å². The fourth-order valence-corrected chi connectivity index (χ4v) is 2.00. The third-order valence-electron chi connectivity index (χ3n) is 3.35. The molecule has 0 saturated heterocycles. The van der Waals surface area contributed by atoms with Crippen molar-refractivity contribution in [2.75, 3.05) is 32.8 Å². The molecule has 25 heavy (non-hydrogen) atoms. The van der Waals surface area contributed by atoms with Crippen molar-refractivity contribution in [3.05, 3.63) is 12.2 Å². The van der Waals surface area contributed by atoms with E-state index in [0.29, 0.717) is 0 Å². The molecule has 0 aromatic heterocycles. The molecule has 1 heterocycles. The normalized spacial score (nSPS) is 15.6. The molecule has 0 spiro atoms. The minimum Gasteiger partial charge on any atom is -0.480 e. The highest BCUT2D eigenvalue weighted by Gasteiger charge is 2.35. The number of ether oxygens (including phenoxy) is 1. The van der Waals surface area contributed by atoms with Gasteiger partial charge in [0.1, 0.15) is 6.04 Å². The minimum absolute atomic E-state index is 0.0986. The van der Waals surface area contributed by atoms with Crippen LogP contribution in [0, 0.1) is 0 Å². The Morgan fingerprint density at radius 2 is 1.88 bits per heavy atom. The molecule has 0 fully saturated rings. The molecule has 0 aliphatic carbocycles. The molecule has 0 saturated carbocycles. The Hall–Kier alpha value is -2.30. The molecule has 0 radical (unpaired) electrons. The van der Waals surface area contributed by atoms with Crippen LogP contribution in [0.2, 0.25) is 0 Å². The van der Waals surface area contributed by atoms with Crippen molar-refractivity contribution in [3.63, 3.8) is 0 Å². The first kappa shape index (κ1) is 20.7. The smallest absolute Gasteiger partial charge is 0.317 e. The van der Waals surface area contributed by atoms with Gasteiger partial charge in [0.05, 0.1) is 25.4 Å². The number of nitrogens with one attached hydrogen (secondary N) is 2. The number of imide groups is 1. The third-order valence-corrected chi connectivity index (χ3v) is 3.35. The van der Waals surface area contributed by atoms with E-state index in [2.05, 4.69) is 10.6 Å². The fourth-order valence-electron chi connectivity index (χ4n) is 2.00. The van der Waals surface area contributed by atoms with Crippen LogP contribution < -0.4 is 10.6 Å². The molecule has 4 N–H and O–H groups in total. The van der Waals surface area contributed by atoms with Crippen molar-refractivity contribution in [2.45, 2.75) is 25.5 Å². The van der Waals surface area contributed by atoms with Crippen LogP contribution in [0.25, 0.3) is 0 Å². The number of aliphatic hydroxyl groups excluding tert-OH is 1. The van der Waals surface area contributed by atoms with E-state index < -0.39 is 41.9 Å². The van der Waals surface area contributed by atoms with Gasteiger partial charge in [-0.15, -0.1) is 0 Å². The lowest BCUT2D eigenvalue weighted by Gasteiger charge is -2.26. The van der Waals surface area contributed by atoms with Crippen molar-refractivity contribution in [2.24, 2.45) is 0 Å². The lowest BCUT2D eigenvalue weighted by atomic mass is 10.1. The molecule has 1 aliphatic heterocycles. The zero-order chi connectivity index (χ0) is 19.0. The maximum absolute atomic E-state index is 12.3. The summed E-state index contributed by atoms with van der Waals surface area (Å²) in [5.74, 6) is -3.02. The van der Waals surface area contributed by atoms with Gasteiger partial charge in [-0.3, -0.25) is 24.1 Å². The van der Waals surface area contributed by atoms with E-state index in [1.54, 1.807) is 13.8 Å². The maximum atomic E-state index is 12.3. The van der Waals surface area contributed by atoms with Crippen molar-refractivity contribution in [1.29, 1.82) is 0 Å². The van der Waals surface area contributed by atoms with E-state index in [1.807, 2.05) is 0 Å². The maximum Gasteiger partial charge on any atom is 0.317 e. The van der Waals surface area contributed by atoms with Gasteiger partial charge < -0.3 is 25.6 Å². The van der Waals surface area contributed by atoms with E-state index in [4.69, 9.17) is 14.9 Å². The summed E-state index contributed by atoms with van der Waals surface area (Å²) >= 11 is 0. The lowest BCUT2D eigenvalue weighted by molar-refractivity contribution is -0.145. The van der Waals surface area contributed by atoms with E-state index in [1.165, 1.54) is 0 Å². The van der Waals surface area contributed by atoms with Gasteiger partial charge in [-0.2, -0.15) is 0 Å². The van der Waals surface area contributed by atoms with Crippen molar-refractivity contribution in [3.8, 4) is 0 Å². The number of carbonyl (C=O) groups is 4. The summed E-state index contributed by atoms with van der Waals surface area (Å²) in [4.78, 5) is 47.2. The third kappa shape index (κ3) is 6.61. The highest BCUT2D eigenvalue weighted by Crippen LogP contribution is 2.10. The summed E-state index contributed by atoms with van der Waals surface area (Å²) in [6.07, 6.45) is 2.10. The van der Waals surface area contributed by atoms with Crippen LogP contribution in [0.4, 0.5) is 0 Å². The first-order chi connectivity index (χ1) is 11.7. The van der Waals surface area contributed by atoms with Crippen molar-refractivity contribution < 1.29 is 34.1 Å². The predicted octanol–water partition coefficient (Wildman–Crippen LogP) is -2.14. The molecule has 10 nitrogen and oxygen atoms in total. The number of aliphatic hydroxyl groups is 1.